The Balaban J connectivity index is 2.17. The van der Waals surface area contributed by atoms with Crippen LogP contribution in [0.4, 0.5) is 0 Å². The van der Waals surface area contributed by atoms with Crippen molar-refractivity contribution in [1.29, 1.82) is 0 Å². The summed E-state index contributed by atoms with van der Waals surface area (Å²) in [5.41, 5.74) is 6.18. The number of halogens is 2. The van der Waals surface area contributed by atoms with Crippen molar-refractivity contribution < 1.29 is 12.8 Å². The van der Waals surface area contributed by atoms with Crippen molar-refractivity contribution in [3.05, 3.63) is 51.3 Å². The van der Waals surface area contributed by atoms with Gasteiger partial charge in [-0.15, -0.1) is 0 Å². The summed E-state index contributed by atoms with van der Waals surface area (Å²) in [6, 6.07) is 8.35. The molecule has 2 aromatic rings. The Kier molecular flexibility index (Phi) is 4.87. The smallest absolute Gasteiger partial charge is 0.245 e. The van der Waals surface area contributed by atoms with Gasteiger partial charge in [-0.1, -0.05) is 23.7 Å². The molecule has 1 heterocycles. The van der Waals surface area contributed by atoms with E-state index >= 15 is 0 Å². The van der Waals surface area contributed by atoms with Crippen LogP contribution in [-0.2, 0) is 23.1 Å². The Hall–Kier alpha value is -0.860. The zero-order valence-corrected chi connectivity index (χ0v) is 13.4. The second-order valence-corrected chi connectivity index (χ2v) is 6.90. The standard InChI is InChI=1S/C12H12BrClN2O3S/c13-12-11(5-10(6-15)19-12)20(17,18)16-7-8-2-1-3-9(14)4-8/h1-5,16H,6-7,15H2. The number of hydrogen-bond acceptors (Lipinski definition) is 4. The van der Waals surface area contributed by atoms with Gasteiger partial charge in [0.2, 0.25) is 10.0 Å². The monoisotopic (exact) mass is 378 g/mol. The molecule has 1 aromatic heterocycles. The second-order valence-electron chi connectivity index (χ2n) is 4.01. The molecule has 0 radical (unpaired) electrons. The molecule has 0 aliphatic carbocycles. The average molecular weight is 380 g/mol. The molecule has 0 bridgehead atoms. The first-order valence-electron chi connectivity index (χ1n) is 5.65. The van der Waals surface area contributed by atoms with E-state index in [1.165, 1.54) is 6.07 Å². The first-order chi connectivity index (χ1) is 9.42. The summed E-state index contributed by atoms with van der Waals surface area (Å²) in [7, 11) is -3.68. The van der Waals surface area contributed by atoms with E-state index < -0.39 is 10.0 Å². The van der Waals surface area contributed by atoms with Crippen molar-refractivity contribution in [3.8, 4) is 0 Å². The number of hydrogen-bond donors (Lipinski definition) is 2. The molecule has 2 rings (SSSR count). The van der Waals surface area contributed by atoms with Gasteiger partial charge in [0, 0.05) is 17.6 Å². The number of rotatable bonds is 5. The first-order valence-corrected chi connectivity index (χ1v) is 8.30. The fourth-order valence-corrected chi connectivity index (χ4v) is 3.81. The summed E-state index contributed by atoms with van der Waals surface area (Å²) in [5, 5.41) is 0.552. The first kappa shape index (κ1) is 15.5. The highest BCUT2D eigenvalue weighted by atomic mass is 79.9. The van der Waals surface area contributed by atoms with E-state index in [0.717, 1.165) is 5.56 Å². The van der Waals surface area contributed by atoms with E-state index in [2.05, 4.69) is 20.7 Å². The molecule has 20 heavy (non-hydrogen) atoms. The van der Waals surface area contributed by atoms with Gasteiger partial charge in [-0.2, -0.15) is 0 Å². The Morgan fingerprint density at radius 2 is 2.10 bits per heavy atom. The molecule has 3 N–H and O–H groups in total. The number of sulfonamides is 1. The molecule has 5 nitrogen and oxygen atoms in total. The molecule has 0 aliphatic heterocycles. The van der Waals surface area contributed by atoms with Crippen LogP contribution in [0.5, 0.6) is 0 Å². The minimum absolute atomic E-state index is 0.0278. The van der Waals surface area contributed by atoms with Gasteiger partial charge in [0.15, 0.2) is 4.67 Å². The molecule has 0 spiro atoms. The minimum atomic E-state index is -3.68. The van der Waals surface area contributed by atoms with Gasteiger partial charge in [-0.3, -0.25) is 0 Å². The molecular formula is C12H12BrClN2O3S. The number of furan rings is 1. The zero-order chi connectivity index (χ0) is 14.8. The van der Waals surface area contributed by atoms with Crippen molar-refractivity contribution >= 4 is 37.6 Å². The molecular weight excluding hydrogens is 368 g/mol. The van der Waals surface area contributed by atoms with Gasteiger partial charge in [-0.05, 0) is 33.6 Å². The Bertz CT molecular complexity index is 715. The molecule has 0 unspecified atom stereocenters. The maximum absolute atomic E-state index is 12.2. The fraction of sp³-hybridized carbons (Fsp3) is 0.167. The summed E-state index contributed by atoms with van der Waals surface area (Å²) < 4.78 is 32.1. The lowest BCUT2D eigenvalue weighted by atomic mass is 10.2. The third kappa shape index (κ3) is 3.62. The van der Waals surface area contributed by atoms with Crippen molar-refractivity contribution in [2.45, 2.75) is 18.0 Å². The predicted octanol–water partition coefficient (Wildman–Crippen LogP) is 2.63. The normalized spacial score (nSPS) is 11.8. The highest BCUT2D eigenvalue weighted by molar-refractivity contribution is 9.10. The summed E-state index contributed by atoms with van der Waals surface area (Å²) >= 11 is 8.91. The van der Waals surface area contributed by atoms with E-state index in [0.29, 0.717) is 10.8 Å². The van der Waals surface area contributed by atoms with Gasteiger partial charge in [0.25, 0.3) is 0 Å². The summed E-state index contributed by atoms with van der Waals surface area (Å²) in [6.45, 7) is 0.265. The van der Waals surface area contributed by atoms with Gasteiger partial charge in [-0.25, -0.2) is 13.1 Å². The molecule has 0 amide bonds. The minimum Gasteiger partial charge on any atom is -0.452 e. The summed E-state index contributed by atoms with van der Waals surface area (Å²) in [5.74, 6) is 0.389. The lowest BCUT2D eigenvalue weighted by Crippen LogP contribution is -2.23. The predicted molar refractivity (Wildman–Crippen MR) is 79.8 cm³/mol. The van der Waals surface area contributed by atoms with Crippen LogP contribution in [0.3, 0.4) is 0 Å². The van der Waals surface area contributed by atoms with Gasteiger partial charge in [0.1, 0.15) is 10.7 Å². The topological polar surface area (TPSA) is 85.3 Å². The van der Waals surface area contributed by atoms with Crippen LogP contribution < -0.4 is 10.5 Å². The van der Waals surface area contributed by atoms with Crippen LogP contribution in [0.25, 0.3) is 0 Å². The average Bonchev–Trinajstić information content (AvgIpc) is 2.79. The maximum atomic E-state index is 12.2. The summed E-state index contributed by atoms with van der Waals surface area (Å²) in [6.07, 6.45) is 0. The summed E-state index contributed by atoms with van der Waals surface area (Å²) in [4.78, 5) is 0.0278. The Morgan fingerprint density at radius 3 is 2.70 bits per heavy atom. The molecule has 8 heteroatoms. The van der Waals surface area contributed by atoms with Crippen LogP contribution in [0.15, 0.2) is 44.3 Å². The van der Waals surface area contributed by atoms with Gasteiger partial charge in [0.05, 0.1) is 6.54 Å². The Labute approximate surface area is 130 Å². The molecule has 0 saturated heterocycles. The Morgan fingerprint density at radius 1 is 1.35 bits per heavy atom. The van der Waals surface area contributed by atoms with E-state index in [4.69, 9.17) is 21.8 Å². The SMILES string of the molecule is NCc1cc(S(=O)(=O)NCc2cccc(Cl)c2)c(Br)o1. The van der Waals surface area contributed by atoms with E-state index in [9.17, 15) is 8.42 Å². The van der Waals surface area contributed by atoms with Crippen molar-refractivity contribution in [2.75, 3.05) is 0 Å². The van der Waals surface area contributed by atoms with Crippen LogP contribution in [0, 0.1) is 0 Å². The largest absolute Gasteiger partial charge is 0.452 e. The molecule has 0 fully saturated rings. The van der Waals surface area contributed by atoms with Gasteiger partial charge >= 0.3 is 0 Å². The number of nitrogens with one attached hydrogen (secondary N) is 1. The third-order valence-electron chi connectivity index (χ3n) is 2.55. The lowest BCUT2D eigenvalue weighted by Gasteiger charge is -2.05. The van der Waals surface area contributed by atoms with Crippen molar-refractivity contribution in [3.63, 3.8) is 0 Å². The highest BCUT2D eigenvalue weighted by Crippen LogP contribution is 2.26. The zero-order valence-electron chi connectivity index (χ0n) is 10.3. The van der Waals surface area contributed by atoms with E-state index in [-0.39, 0.29) is 22.7 Å². The fourth-order valence-electron chi connectivity index (χ4n) is 1.58. The van der Waals surface area contributed by atoms with Crippen molar-refractivity contribution in [1.82, 2.24) is 4.72 Å². The second kappa shape index (κ2) is 6.28. The quantitative estimate of drug-likeness (QED) is 0.836. The van der Waals surface area contributed by atoms with Crippen LogP contribution in [0.2, 0.25) is 5.02 Å². The number of nitrogens with two attached hydrogens (primary N) is 1. The third-order valence-corrected chi connectivity index (χ3v) is 5.05. The maximum Gasteiger partial charge on any atom is 0.245 e. The van der Waals surface area contributed by atoms with Crippen LogP contribution in [0.1, 0.15) is 11.3 Å². The van der Waals surface area contributed by atoms with Crippen LogP contribution >= 0.6 is 27.5 Å². The molecule has 1 aromatic carbocycles. The molecule has 0 atom stereocenters. The number of benzene rings is 1. The molecule has 0 aliphatic rings. The van der Waals surface area contributed by atoms with E-state index in [1.54, 1.807) is 24.3 Å². The lowest BCUT2D eigenvalue weighted by molar-refractivity contribution is 0.483. The highest BCUT2D eigenvalue weighted by Gasteiger charge is 2.21. The van der Waals surface area contributed by atoms with Gasteiger partial charge < -0.3 is 10.2 Å². The van der Waals surface area contributed by atoms with E-state index in [1.807, 2.05) is 0 Å². The van der Waals surface area contributed by atoms with Crippen LogP contribution in [-0.4, -0.2) is 8.42 Å². The molecule has 108 valence electrons. The molecule has 0 saturated carbocycles. The van der Waals surface area contributed by atoms with Crippen molar-refractivity contribution in [2.24, 2.45) is 5.73 Å².